The van der Waals surface area contributed by atoms with E-state index in [4.69, 9.17) is 9.79 Å². The van der Waals surface area contributed by atoms with Crippen molar-refractivity contribution in [3.05, 3.63) is 93.4 Å². The lowest BCUT2D eigenvalue weighted by atomic mass is 10.00. The van der Waals surface area contributed by atoms with E-state index in [1.54, 1.807) is 24.3 Å². The molecule has 0 aliphatic carbocycles. The molecule has 1 atom stereocenters. The second-order valence-electron chi connectivity index (χ2n) is 7.58. The number of thiophene rings is 1. The van der Waals surface area contributed by atoms with E-state index >= 15 is 0 Å². The van der Waals surface area contributed by atoms with Crippen molar-refractivity contribution in [3.8, 4) is 0 Å². The number of carboxylic acids is 1. The average Bonchev–Trinajstić information content (AvgIpc) is 3.24. The van der Waals surface area contributed by atoms with Crippen LogP contribution in [0.5, 0.6) is 0 Å². The molecular formula is C23H23FNO6PS. The number of hydrogen-bond donors (Lipinski definition) is 3. The van der Waals surface area contributed by atoms with Gasteiger partial charge in [0.2, 0.25) is 5.91 Å². The molecule has 0 radical (unpaired) electrons. The lowest BCUT2D eigenvalue weighted by Crippen LogP contribution is -2.36. The topological polar surface area (TPSA) is 115 Å². The molecule has 1 unspecified atom stereocenters. The van der Waals surface area contributed by atoms with Gasteiger partial charge in [-0.25, -0.2) is 4.39 Å². The first kappa shape index (κ1) is 24.8. The Hall–Kier alpha value is -2.84. The Morgan fingerprint density at radius 2 is 1.64 bits per heavy atom. The van der Waals surface area contributed by atoms with Crippen LogP contribution in [0.25, 0.3) is 0 Å². The third-order valence-corrected chi connectivity index (χ3v) is 6.64. The Labute approximate surface area is 194 Å². The maximum Gasteiger partial charge on any atom is 0.329 e. The summed E-state index contributed by atoms with van der Waals surface area (Å²) in [5.41, 5.74) is 1.61. The van der Waals surface area contributed by atoms with E-state index < -0.39 is 31.6 Å². The summed E-state index contributed by atoms with van der Waals surface area (Å²) in [5, 5.41) is 11.4. The minimum atomic E-state index is -4.21. The fraction of sp³-hybridized carbons (Fsp3) is 0.217. The lowest BCUT2D eigenvalue weighted by molar-refractivity contribution is -0.141. The number of hydrogen-bond acceptors (Lipinski definition) is 4. The van der Waals surface area contributed by atoms with E-state index in [9.17, 15) is 23.7 Å². The van der Waals surface area contributed by atoms with Gasteiger partial charge in [0.1, 0.15) is 5.82 Å². The van der Waals surface area contributed by atoms with Gasteiger partial charge in [-0.2, -0.15) is 0 Å². The van der Waals surface area contributed by atoms with Crippen molar-refractivity contribution >= 4 is 30.8 Å². The smallest absolute Gasteiger partial charge is 0.329 e. The van der Waals surface area contributed by atoms with Crippen molar-refractivity contribution in [2.24, 2.45) is 0 Å². The van der Waals surface area contributed by atoms with Crippen LogP contribution in [0.15, 0.2) is 66.0 Å². The summed E-state index contributed by atoms with van der Waals surface area (Å²) in [6.07, 6.45) is -0.672. The highest BCUT2D eigenvalue weighted by Crippen LogP contribution is 2.39. The number of aliphatic carboxylic acids is 1. The fourth-order valence-electron chi connectivity index (χ4n) is 3.48. The molecule has 0 spiro atoms. The Kier molecular flexibility index (Phi) is 8.15. The summed E-state index contributed by atoms with van der Waals surface area (Å²) in [4.78, 5) is 45.5. The zero-order valence-corrected chi connectivity index (χ0v) is 19.2. The first-order chi connectivity index (χ1) is 15.6. The van der Waals surface area contributed by atoms with Crippen LogP contribution in [0.1, 0.15) is 34.0 Å². The molecule has 0 saturated carbocycles. The van der Waals surface area contributed by atoms with Gasteiger partial charge >= 0.3 is 13.6 Å². The van der Waals surface area contributed by atoms with Crippen LogP contribution in [0.3, 0.4) is 0 Å². The number of nitrogens with zero attached hydrogens (tertiary/aromatic N) is 1. The van der Waals surface area contributed by atoms with Crippen molar-refractivity contribution in [2.75, 3.05) is 0 Å². The van der Waals surface area contributed by atoms with Crippen LogP contribution < -0.4 is 0 Å². The summed E-state index contributed by atoms with van der Waals surface area (Å²) in [6, 6.07) is 14.7. The minimum absolute atomic E-state index is 0.0791. The summed E-state index contributed by atoms with van der Waals surface area (Å²) in [5.74, 6) is -1.85. The number of carbonyl (C=O) groups excluding carboxylic acids is 1. The molecule has 2 aromatic carbocycles. The van der Waals surface area contributed by atoms with Crippen molar-refractivity contribution in [3.63, 3.8) is 0 Å². The van der Waals surface area contributed by atoms with Crippen LogP contribution in [0, 0.1) is 5.82 Å². The molecule has 3 aromatic rings. The van der Waals surface area contributed by atoms with Gasteiger partial charge in [-0.1, -0.05) is 42.5 Å². The minimum Gasteiger partial charge on any atom is -0.481 e. The second kappa shape index (κ2) is 10.9. The zero-order valence-electron chi connectivity index (χ0n) is 17.5. The van der Waals surface area contributed by atoms with Gasteiger partial charge in [-0.15, -0.1) is 11.3 Å². The van der Waals surface area contributed by atoms with E-state index in [1.807, 2.05) is 17.5 Å². The van der Waals surface area contributed by atoms with Gasteiger partial charge in [0.15, 0.2) is 0 Å². The second-order valence-corrected chi connectivity index (χ2v) is 10.3. The third kappa shape index (κ3) is 7.61. The molecule has 33 heavy (non-hydrogen) atoms. The monoisotopic (exact) mass is 491 g/mol. The van der Waals surface area contributed by atoms with Crippen LogP contribution in [0.4, 0.5) is 4.39 Å². The molecular weight excluding hydrogens is 468 g/mol. The molecule has 0 bridgehead atoms. The number of rotatable bonds is 10. The van der Waals surface area contributed by atoms with Gasteiger partial charge in [-0.05, 0) is 40.3 Å². The van der Waals surface area contributed by atoms with Crippen LogP contribution in [0.2, 0.25) is 0 Å². The number of carbonyl (C=O) groups is 2. The van der Waals surface area contributed by atoms with Gasteiger partial charge < -0.3 is 19.8 Å². The third-order valence-electron chi connectivity index (χ3n) is 4.99. The molecule has 7 nitrogen and oxygen atoms in total. The van der Waals surface area contributed by atoms with E-state index in [2.05, 4.69) is 0 Å². The van der Waals surface area contributed by atoms with E-state index in [0.717, 1.165) is 4.88 Å². The summed E-state index contributed by atoms with van der Waals surface area (Å²) < 4.78 is 24.7. The standard InChI is InChI=1S/C23H23FNO6PS/c24-19-9-7-18(8-10-19)21(13-23(27)28)25(22(26)12-20-2-1-11-33-20)14-16-3-5-17(6-4-16)15-32(29,30)31/h1-11,21H,12-15H2,(H,27,28)(H2,29,30,31). The molecule has 1 heterocycles. The Morgan fingerprint density at radius 3 is 2.18 bits per heavy atom. The molecule has 0 fully saturated rings. The van der Waals surface area contributed by atoms with Gasteiger partial charge in [0.25, 0.3) is 0 Å². The largest absolute Gasteiger partial charge is 0.481 e. The van der Waals surface area contributed by atoms with E-state index in [-0.39, 0.29) is 25.3 Å². The Balaban J connectivity index is 1.93. The number of amides is 1. The van der Waals surface area contributed by atoms with Gasteiger partial charge in [0, 0.05) is 11.4 Å². The van der Waals surface area contributed by atoms with Gasteiger partial charge in [0.05, 0.1) is 25.0 Å². The molecule has 3 rings (SSSR count). The molecule has 0 aliphatic rings. The lowest BCUT2D eigenvalue weighted by Gasteiger charge is -2.32. The SMILES string of the molecule is O=C(O)CC(c1ccc(F)cc1)N(Cc1ccc(CP(=O)(O)O)cc1)C(=O)Cc1cccs1. The molecule has 0 saturated heterocycles. The molecule has 10 heteroatoms. The number of benzene rings is 2. The van der Waals surface area contributed by atoms with Crippen molar-refractivity contribution < 1.29 is 33.4 Å². The maximum atomic E-state index is 13.5. The Morgan fingerprint density at radius 1 is 1.00 bits per heavy atom. The highest BCUT2D eigenvalue weighted by atomic mass is 32.1. The molecule has 174 valence electrons. The van der Waals surface area contributed by atoms with Crippen molar-refractivity contribution in [2.45, 2.75) is 31.6 Å². The molecule has 1 amide bonds. The average molecular weight is 491 g/mol. The first-order valence-electron chi connectivity index (χ1n) is 10.0. The highest BCUT2D eigenvalue weighted by Gasteiger charge is 2.28. The molecule has 3 N–H and O–H groups in total. The summed E-state index contributed by atoms with van der Waals surface area (Å²) >= 11 is 1.42. The Bertz CT molecular complexity index is 1130. The molecule has 0 aliphatic heterocycles. The van der Waals surface area contributed by atoms with Crippen LogP contribution >= 0.6 is 18.9 Å². The van der Waals surface area contributed by atoms with Crippen LogP contribution in [-0.4, -0.2) is 31.7 Å². The van der Waals surface area contributed by atoms with Gasteiger partial charge in [-0.3, -0.25) is 14.2 Å². The summed E-state index contributed by atoms with van der Waals surface area (Å²) in [7, 11) is -4.21. The van der Waals surface area contributed by atoms with E-state index in [0.29, 0.717) is 16.7 Å². The maximum absolute atomic E-state index is 13.5. The van der Waals surface area contributed by atoms with E-state index in [1.165, 1.54) is 40.5 Å². The van der Waals surface area contributed by atoms with Crippen molar-refractivity contribution in [1.82, 2.24) is 4.90 Å². The fourth-order valence-corrected chi connectivity index (χ4v) is 4.86. The number of halogens is 1. The highest BCUT2D eigenvalue weighted by molar-refractivity contribution is 7.50. The quantitative estimate of drug-likeness (QED) is 0.363. The normalized spacial score (nSPS) is 12.3. The zero-order chi connectivity index (χ0) is 24.0. The summed E-state index contributed by atoms with van der Waals surface area (Å²) in [6.45, 7) is 0.0791. The first-order valence-corrected chi connectivity index (χ1v) is 12.7. The predicted octanol–water partition coefficient (Wildman–Crippen LogP) is 4.35. The van der Waals surface area contributed by atoms with Crippen LogP contribution in [-0.2, 0) is 33.3 Å². The number of carboxylic acid groups (broad SMARTS) is 1. The predicted molar refractivity (Wildman–Crippen MR) is 122 cm³/mol. The molecule has 1 aromatic heterocycles. The van der Waals surface area contributed by atoms with Crippen molar-refractivity contribution in [1.29, 1.82) is 0 Å².